The minimum Gasteiger partial charge on any atom is -0.368 e. The van der Waals surface area contributed by atoms with E-state index in [4.69, 9.17) is 11.5 Å². The number of halogens is 3. The van der Waals surface area contributed by atoms with Crippen LogP contribution < -0.4 is 11.5 Å². The number of carbonyl (C=O) groups excluding carboxylic acids is 1. The van der Waals surface area contributed by atoms with Gasteiger partial charge < -0.3 is 11.5 Å². The quantitative estimate of drug-likeness (QED) is 0.742. The van der Waals surface area contributed by atoms with Crippen LogP contribution in [0, 0.1) is 0 Å². The van der Waals surface area contributed by atoms with Crippen LogP contribution >= 0.6 is 11.3 Å². The second-order valence-corrected chi connectivity index (χ2v) is 5.90. The van der Waals surface area contributed by atoms with Crippen molar-refractivity contribution in [3.8, 4) is 22.0 Å². The lowest BCUT2D eigenvalue weighted by atomic mass is 10.0. The number of nitrogen functional groups attached to an aromatic ring is 1. The van der Waals surface area contributed by atoms with E-state index in [0.717, 1.165) is 17.4 Å². The summed E-state index contributed by atoms with van der Waals surface area (Å²) in [6.07, 6.45) is -3.22. The fraction of sp³-hybridized carbons (Fsp3) is 0.0667. The van der Waals surface area contributed by atoms with Gasteiger partial charge >= 0.3 is 6.18 Å². The standard InChI is InChI=1S/C15H10F3N5OS/c16-15(17,18)8-4-2-1-3-7(8)10-11(12(19)24)25-13(23-10)9-5-6-21-14(20)22-9/h1-6H,(H2,19,24)(H2,20,21,22). The van der Waals surface area contributed by atoms with Crippen molar-refractivity contribution in [2.24, 2.45) is 5.73 Å². The number of hydrogen-bond donors (Lipinski definition) is 2. The van der Waals surface area contributed by atoms with Gasteiger partial charge in [-0.25, -0.2) is 15.0 Å². The van der Waals surface area contributed by atoms with Crippen molar-refractivity contribution in [2.75, 3.05) is 5.73 Å². The van der Waals surface area contributed by atoms with Gasteiger partial charge in [0, 0.05) is 11.8 Å². The van der Waals surface area contributed by atoms with E-state index < -0.39 is 17.6 Å². The summed E-state index contributed by atoms with van der Waals surface area (Å²) in [5.74, 6) is -0.900. The molecule has 25 heavy (non-hydrogen) atoms. The highest BCUT2D eigenvalue weighted by atomic mass is 32.1. The first-order valence-corrected chi connectivity index (χ1v) is 7.65. The Kier molecular flexibility index (Phi) is 4.13. The Morgan fingerprint density at radius 2 is 1.84 bits per heavy atom. The number of amides is 1. The first-order valence-electron chi connectivity index (χ1n) is 6.83. The molecule has 0 aliphatic carbocycles. The molecule has 0 saturated heterocycles. The number of anilines is 1. The fourth-order valence-corrected chi connectivity index (χ4v) is 3.11. The van der Waals surface area contributed by atoms with Gasteiger partial charge in [0.1, 0.15) is 15.6 Å². The zero-order valence-corrected chi connectivity index (χ0v) is 13.2. The summed E-state index contributed by atoms with van der Waals surface area (Å²) in [4.78, 5) is 23.5. The maximum atomic E-state index is 13.3. The van der Waals surface area contributed by atoms with E-state index in [2.05, 4.69) is 15.0 Å². The van der Waals surface area contributed by atoms with Crippen LogP contribution in [0.4, 0.5) is 19.1 Å². The molecule has 0 spiro atoms. The van der Waals surface area contributed by atoms with Gasteiger partial charge in [0.2, 0.25) is 5.95 Å². The third-order valence-electron chi connectivity index (χ3n) is 3.23. The highest BCUT2D eigenvalue weighted by molar-refractivity contribution is 7.17. The van der Waals surface area contributed by atoms with Crippen LogP contribution in [0.2, 0.25) is 0 Å². The number of nitrogens with zero attached hydrogens (tertiary/aromatic N) is 3. The van der Waals surface area contributed by atoms with E-state index in [1.54, 1.807) is 0 Å². The normalized spacial score (nSPS) is 11.5. The molecular formula is C15H10F3N5OS. The minimum atomic E-state index is -4.60. The highest BCUT2D eigenvalue weighted by Gasteiger charge is 2.35. The molecular weight excluding hydrogens is 355 g/mol. The Balaban J connectivity index is 2.23. The third kappa shape index (κ3) is 3.29. The van der Waals surface area contributed by atoms with Crippen molar-refractivity contribution in [3.05, 3.63) is 47.0 Å². The van der Waals surface area contributed by atoms with Crippen molar-refractivity contribution in [1.82, 2.24) is 15.0 Å². The van der Waals surface area contributed by atoms with Gasteiger partial charge in [-0.05, 0) is 12.1 Å². The van der Waals surface area contributed by atoms with Crippen molar-refractivity contribution < 1.29 is 18.0 Å². The molecule has 0 unspecified atom stereocenters. The molecule has 128 valence electrons. The van der Waals surface area contributed by atoms with E-state index in [9.17, 15) is 18.0 Å². The zero-order chi connectivity index (χ0) is 18.2. The van der Waals surface area contributed by atoms with Crippen molar-refractivity contribution >= 4 is 23.2 Å². The summed E-state index contributed by atoms with van der Waals surface area (Å²) < 4.78 is 39.8. The molecule has 0 bridgehead atoms. The first-order chi connectivity index (χ1) is 11.8. The van der Waals surface area contributed by atoms with E-state index in [1.165, 1.54) is 30.5 Å². The summed E-state index contributed by atoms with van der Waals surface area (Å²) in [7, 11) is 0. The fourth-order valence-electron chi connectivity index (χ4n) is 2.21. The predicted molar refractivity (Wildman–Crippen MR) is 86.5 cm³/mol. The van der Waals surface area contributed by atoms with Crippen LogP contribution in [0.1, 0.15) is 15.2 Å². The predicted octanol–water partition coefficient (Wildman–Crippen LogP) is 2.97. The molecule has 0 atom stereocenters. The molecule has 0 radical (unpaired) electrons. The van der Waals surface area contributed by atoms with Crippen LogP contribution in [-0.2, 0) is 6.18 Å². The van der Waals surface area contributed by atoms with Crippen LogP contribution in [-0.4, -0.2) is 20.9 Å². The maximum Gasteiger partial charge on any atom is 0.417 e. The number of aromatic nitrogens is 3. The zero-order valence-electron chi connectivity index (χ0n) is 12.4. The number of alkyl halides is 3. The maximum absolute atomic E-state index is 13.3. The summed E-state index contributed by atoms with van der Waals surface area (Å²) >= 11 is 0.845. The minimum absolute atomic E-state index is 0.0226. The molecule has 4 N–H and O–H groups in total. The molecule has 2 heterocycles. The molecule has 1 amide bonds. The molecule has 0 saturated carbocycles. The number of benzene rings is 1. The Bertz CT molecular complexity index is 954. The summed E-state index contributed by atoms with van der Waals surface area (Å²) in [5, 5.41) is 0.217. The number of rotatable bonds is 3. The van der Waals surface area contributed by atoms with Gasteiger partial charge in [0.25, 0.3) is 5.91 Å². The topological polar surface area (TPSA) is 108 Å². The third-order valence-corrected chi connectivity index (χ3v) is 4.32. The average Bonchev–Trinajstić information content (AvgIpc) is 2.99. The molecule has 3 rings (SSSR count). The number of carbonyl (C=O) groups is 1. The second-order valence-electron chi connectivity index (χ2n) is 4.90. The highest BCUT2D eigenvalue weighted by Crippen LogP contribution is 2.40. The number of thiazole rings is 1. The van der Waals surface area contributed by atoms with Gasteiger partial charge in [-0.15, -0.1) is 11.3 Å². The van der Waals surface area contributed by atoms with E-state index in [0.29, 0.717) is 0 Å². The van der Waals surface area contributed by atoms with Crippen LogP contribution in [0.5, 0.6) is 0 Å². The molecule has 2 aromatic heterocycles. The Morgan fingerprint density at radius 3 is 2.48 bits per heavy atom. The van der Waals surface area contributed by atoms with Crippen LogP contribution in [0.3, 0.4) is 0 Å². The Hall–Kier alpha value is -3.01. The number of nitrogens with two attached hydrogens (primary N) is 2. The van der Waals surface area contributed by atoms with E-state index in [1.807, 2.05) is 0 Å². The molecule has 0 aliphatic rings. The lowest BCUT2D eigenvalue weighted by Crippen LogP contribution is -2.12. The summed E-state index contributed by atoms with van der Waals surface area (Å²) in [5.41, 5.74) is 9.84. The van der Waals surface area contributed by atoms with E-state index >= 15 is 0 Å². The SMILES string of the molecule is NC(=O)c1sc(-c2ccnc(N)n2)nc1-c1ccccc1C(F)(F)F. The van der Waals surface area contributed by atoms with Crippen molar-refractivity contribution in [2.45, 2.75) is 6.18 Å². The molecule has 3 aromatic rings. The Labute approximate surface area is 143 Å². The van der Waals surface area contributed by atoms with Gasteiger partial charge in [-0.3, -0.25) is 4.79 Å². The van der Waals surface area contributed by atoms with Gasteiger partial charge in [0.15, 0.2) is 0 Å². The van der Waals surface area contributed by atoms with Gasteiger partial charge in [-0.2, -0.15) is 13.2 Å². The molecule has 6 nitrogen and oxygen atoms in total. The number of primary amides is 1. The summed E-state index contributed by atoms with van der Waals surface area (Å²) in [6, 6.07) is 6.33. The molecule has 10 heteroatoms. The first kappa shape index (κ1) is 16.8. The largest absolute Gasteiger partial charge is 0.417 e. The van der Waals surface area contributed by atoms with Gasteiger partial charge in [-0.1, -0.05) is 18.2 Å². The molecule has 1 aromatic carbocycles. The van der Waals surface area contributed by atoms with Crippen LogP contribution in [0.15, 0.2) is 36.5 Å². The lowest BCUT2D eigenvalue weighted by Gasteiger charge is -2.11. The summed E-state index contributed by atoms with van der Waals surface area (Å²) in [6.45, 7) is 0. The van der Waals surface area contributed by atoms with Crippen molar-refractivity contribution in [3.63, 3.8) is 0 Å². The lowest BCUT2D eigenvalue weighted by molar-refractivity contribution is -0.137. The average molecular weight is 365 g/mol. The van der Waals surface area contributed by atoms with E-state index in [-0.39, 0.29) is 32.8 Å². The monoisotopic (exact) mass is 365 g/mol. The molecule has 0 aliphatic heterocycles. The molecule has 0 fully saturated rings. The van der Waals surface area contributed by atoms with Gasteiger partial charge in [0.05, 0.1) is 11.3 Å². The van der Waals surface area contributed by atoms with Crippen LogP contribution in [0.25, 0.3) is 22.0 Å². The Morgan fingerprint density at radius 1 is 1.12 bits per heavy atom. The number of hydrogen-bond acceptors (Lipinski definition) is 6. The second kappa shape index (κ2) is 6.13. The van der Waals surface area contributed by atoms with Crippen molar-refractivity contribution in [1.29, 1.82) is 0 Å². The smallest absolute Gasteiger partial charge is 0.368 e.